The number of hydrogen-bond donors (Lipinski definition) is 0. The molecule has 54 heavy (non-hydrogen) atoms. The maximum absolute atomic E-state index is 5.34. The van der Waals surface area contributed by atoms with Gasteiger partial charge in [0, 0.05) is 27.5 Å². The summed E-state index contributed by atoms with van der Waals surface area (Å²) in [6.45, 7) is 0. The molecule has 0 unspecified atom stereocenters. The third kappa shape index (κ3) is 3.84. The molecule has 0 N–H and O–H groups in total. The summed E-state index contributed by atoms with van der Waals surface area (Å²) in [5.74, 6) is 0.599. The summed E-state index contributed by atoms with van der Waals surface area (Å²) in [5.41, 5.74) is 15.3. The van der Waals surface area contributed by atoms with E-state index in [0.717, 1.165) is 39.2 Å². The molecule has 4 heteroatoms. The molecule has 4 nitrogen and oxygen atoms in total. The lowest BCUT2D eigenvalue weighted by Gasteiger charge is -2.39. The second-order valence-corrected chi connectivity index (χ2v) is 14.4. The average molecular weight is 687 g/mol. The van der Waals surface area contributed by atoms with Gasteiger partial charge in [0.2, 0.25) is 0 Å². The molecule has 10 aromatic rings. The Bertz CT molecular complexity index is 3130. The van der Waals surface area contributed by atoms with Crippen LogP contribution in [0, 0.1) is 0 Å². The number of nitrogens with zero attached hydrogens (tertiary/aromatic N) is 4. The van der Waals surface area contributed by atoms with Crippen LogP contribution in [0.4, 0.5) is 0 Å². The van der Waals surface area contributed by atoms with Gasteiger partial charge < -0.3 is 4.57 Å². The topological polar surface area (TPSA) is 43.6 Å². The zero-order chi connectivity index (χ0) is 35.4. The van der Waals surface area contributed by atoms with Crippen molar-refractivity contribution in [3.8, 4) is 50.7 Å². The molecule has 8 aromatic carbocycles. The molecule has 0 saturated carbocycles. The van der Waals surface area contributed by atoms with E-state index in [2.05, 4.69) is 156 Å². The van der Waals surface area contributed by atoms with Gasteiger partial charge in [-0.15, -0.1) is 10.2 Å². The zero-order valence-corrected chi connectivity index (χ0v) is 29.1. The fourth-order valence-corrected chi connectivity index (χ4v) is 9.48. The Kier molecular flexibility index (Phi) is 5.95. The average Bonchev–Trinajstić information content (AvgIpc) is 3.74. The number of aromatic nitrogens is 4. The van der Waals surface area contributed by atoms with Gasteiger partial charge in [-0.2, -0.15) is 0 Å². The number of hydrogen-bond acceptors (Lipinski definition) is 3. The van der Waals surface area contributed by atoms with Crippen molar-refractivity contribution in [3.63, 3.8) is 0 Å². The van der Waals surface area contributed by atoms with Gasteiger partial charge >= 0.3 is 0 Å². The molecule has 0 amide bonds. The minimum absolute atomic E-state index is 0.509. The lowest BCUT2D eigenvalue weighted by atomic mass is 9.65. The fourth-order valence-electron chi connectivity index (χ4n) is 9.48. The normalized spacial score (nSPS) is 13.3. The molecule has 0 atom stereocenters. The van der Waals surface area contributed by atoms with Crippen LogP contribution in [-0.4, -0.2) is 19.7 Å². The van der Waals surface area contributed by atoms with Gasteiger partial charge in [0.25, 0.3) is 0 Å². The van der Waals surface area contributed by atoms with Crippen LogP contribution in [0.15, 0.2) is 182 Å². The summed E-state index contributed by atoms with van der Waals surface area (Å²) in [6.07, 6.45) is 0. The highest BCUT2D eigenvalue weighted by Gasteiger charge is 2.50. The van der Waals surface area contributed by atoms with Crippen molar-refractivity contribution in [3.05, 3.63) is 204 Å². The molecule has 0 saturated heterocycles. The molecule has 1 spiro atoms. The molecule has 2 aromatic heterocycles. The second-order valence-electron chi connectivity index (χ2n) is 14.4. The van der Waals surface area contributed by atoms with Crippen molar-refractivity contribution in [2.75, 3.05) is 0 Å². The van der Waals surface area contributed by atoms with E-state index >= 15 is 0 Å². The molecule has 0 radical (unpaired) electrons. The zero-order valence-electron chi connectivity index (χ0n) is 29.1. The van der Waals surface area contributed by atoms with E-state index in [1.165, 1.54) is 60.6 Å². The Morgan fingerprint density at radius 3 is 1.89 bits per heavy atom. The summed E-state index contributed by atoms with van der Waals surface area (Å²) >= 11 is 0. The van der Waals surface area contributed by atoms with Gasteiger partial charge in [-0.05, 0) is 62.4 Å². The Hall–Kier alpha value is -7.17. The van der Waals surface area contributed by atoms with Crippen LogP contribution >= 0.6 is 0 Å². The summed E-state index contributed by atoms with van der Waals surface area (Å²) in [7, 11) is 0. The Balaban J connectivity index is 1.20. The molecule has 3 heterocycles. The monoisotopic (exact) mass is 686 g/mol. The van der Waals surface area contributed by atoms with Gasteiger partial charge in [0.1, 0.15) is 11.4 Å². The van der Waals surface area contributed by atoms with Crippen LogP contribution in [0.5, 0.6) is 0 Å². The molecule has 0 fully saturated rings. The van der Waals surface area contributed by atoms with Gasteiger partial charge in [0.15, 0.2) is 5.82 Å². The van der Waals surface area contributed by atoms with E-state index in [4.69, 9.17) is 15.2 Å². The first-order valence-electron chi connectivity index (χ1n) is 18.5. The van der Waals surface area contributed by atoms with E-state index in [1.807, 2.05) is 30.3 Å². The van der Waals surface area contributed by atoms with E-state index in [1.54, 1.807) is 0 Å². The highest BCUT2D eigenvalue weighted by Crippen LogP contribution is 2.61. The van der Waals surface area contributed by atoms with Crippen LogP contribution in [-0.2, 0) is 5.41 Å². The highest BCUT2D eigenvalue weighted by molar-refractivity contribution is 6.13. The Morgan fingerprint density at radius 1 is 0.407 bits per heavy atom. The first kappa shape index (κ1) is 29.4. The van der Waals surface area contributed by atoms with Crippen LogP contribution in [0.2, 0.25) is 0 Å². The van der Waals surface area contributed by atoms with Gasteiger partial charge in [0.05, 0.1) is 22.1 Å². The highest BCUT2D eigenvalue weighted by atomic mass is 15.2. The minimum atomic E-state index is -0.509. The van der Waals surface area contributed by atoms with E-state index in [0.29, 0.717) is 5.82 Å². The van der Waals surface area contributed by atoms with E-state index < -0.39 is 5.41 Å². The molecular formula is C50H30N4. The van der Waals surface area contributed by atoms with Crippen molar-refractivity contribution in [1.82, 2.24) is 19.7 Å². The number of para-hydroxylation sites is 2. The fraction of sp³-hybridized carbons (Fsp3) is 0.0200. The van der Waals surface area contributed by atoms with Gasteiger partial charge in [-0.3, -0.25) is 0 Å². The lowest BCUT2D eigenvalue weighted by Crippen LogP contribution is -2.33. The number of rotatable bonds is 3. The van der Waals surface area contributed by atoms with E-state index in [9.17, 15) is 0 Å². The van der Waals surface area contributed by atoms with Crippen molar-refractivity contribution < 1.29 is 0 Å². The third-order valence-corrected chi connectivity index (χ3v) is 11.7. The van der Waals surface area contributed by atoms with Crippen LogP contribution < -0.4 is 0 Å². The number of fused-ring (bicyclic) bond motifs is 13. The molecule has 12 rings (SSSR count). The standard InChI is InChI=1S/C50H30N4/c1-2-14-32(15-3-1)49-51-46(47(52-53-49)34-26-25-31-13-4-5-16-33(31)29-34)35-27-28-42-45(30-35)54-44-24-11-8-19-38(44)39-20-12-23-43(48(39)54)50(42)40-21-9-6-17-36(40)37-18-7-10-22-41(37)50/h1-30H. The lowest BCUT2D eigenvalue weighted by molar-refractivity contribution is 0.748. The maximum atomic E-state index is 5.34. The minimum Gasteiger partial charge on any atom is -0.309 e. The van der Waals surface area contributed by atoms with Crippen molar-refractivity contribution >= 4 is 32.6 Å². The molecule has 1 aliphatic carbocycles. The smallest absolute Gasteiger partial charge is 0.182 e. The molecular weight excluding hydrogens is 657 g/mol. The van der Waals surface area contributed by atoms with Crippen molar-refractivity contribution in [2.45, 2.75) is 5.41 Å². The van der Waals surface area contributed by atoms with Crippen molar-refractivity contribution in [2.24, 2.45) is 0 Å². The van der Waals surface area contributed by atoms with Crippen LogP contribution in [0.3, 0.4) is 0 Å². The summed E-state index contributed by atoms with van der Waals surface area (Å²) < 4.78 is 2.50. The first-order chi connectivity index (χ1) is 26.8. The predicted octanol–water partition coefficient (Wildman–Crippen LogP) is 11.8. The quantitative estimate of drug-likeness (QED) is 0.186. The van der Waals surface area contributed by atoms with E-state index in [-0.39, 0.29) is 0 Å². The Morgan fingerprint density at radius 2 is 1.06 bits per heavy atom. The third-order valence-electron chi connectivity index (χ3n) is 11.7. The first-order valence-corrected chi connectivity index (χ1v) is 18.5. The molecule has 0 bridgehead atoms. The summed E-state index contributed by atoms with van der Waals surface area (Å²) in [5, 5.41) is 14.5. The SMILES string of the molecule is c1ccc(-c2nnc(-c3ccc4ccccc4c3)c(-c3ccc4c(c3)-n3c5ccccc5c5cccc(c53)C43c4ccccc4-c4ccccc43)n2)cc1. The van der Waals surface area contributed by atoms with Crippen LogP contribution in [0.25, 0.3) is 83.3 Å². The van der Waals surface area contributed by atoms with Gasteiger partial charge in [-0.25, -0.2) is 4.98 Å². The molecule has 2 aliphatic rings. The Labute approximate surface area is 311 Å². The molecule has 250 valence electrons. The summed E-state index contributed by atoms with van der Waals surface area (Å²) in [6, 6.07) is 65.7. The molecule has 1 aliphatic heterocycles. The maximum Gasteiger partial charge on any atom is 0.182 e. The second kappa shape index (κ2) is 10.9. The number of benzene rings is 8. The summed E-state index contributed by atoms with van der Waals surface area (Å²) in [4.78, 5) is 5.34. The van der Waals surface area contributed by atoms with Crippen LogP contribution in [0.1, 0.15) is 22.3 Å². The largest absolute Gasteiger partial charge is 0.309 e. The van der Waals surface area contributed by atoms with Gasteiger partial charge in [-0.1, -0.05) is 164 Å². The van der Waals surface area contributed by atoms with Crippen molar-refractivity contribution in [1.29, 1.82) is 0 Å². The predicted molar refractivity (Wildman–Crippen MR) is 219 cm³/mol.